The fraction of sp³-hybridized carbons (Fsp3) is 0.231. The van der Waals surface area contributed by atoms with Gasteiger partial charge in [-0.05, 0) is 84.1 Å². The van der Waals surface area contributed by atoms with Crippen molar-refractivity contribution in [1.29, 1.82) is 0 Å². The van der Waals surface area contributed by atoms with Gasteiger partial charge in [-0.25, -0.2) is 0 Å². The zero-order valence-electron chi connectivity index (χ0n) is 16.7. The third-order valence-electron chi connectivity index (χ3n) is 6.14. The molecule has 0 saturated carbocycles. The van der Waals surface area contributed by atoms with Crippen molar-refractivity contribution in [1.82, 2.24) is 9.97 Å². The van der Waals surface area contributed by atoms with Crippen LogP contribution in [0.5, 0.6) is 0 Å². The lowest BCUT2D eigenvalue weighted by atomic mass is 9.82. The summed E-state index contributed by atoms with van der Waals surface area (Å²) >= 11 is 0. The van der Waals surface area contributed by atoms with Crippen molar-refractivity contribution in [3.63, 3.8) is 0 Å². The molecule has 0 spiro atoms. The first-order valence-electron chi connectivity index (χ1n) is 10.0. The molecule has 4 aromatic rings. The van der Waals surface area contributed by atoms with E-state index in [-0.39, 0.29) is 5.41 Å². The fourth-order valence-electron chi connectivity index (χ4n) is 4.76. The number of aromatic amines is 2. The van der Waals surface area contributed by atoms with E-state index < -0.39 is 0 Å². The molecule has 2 heteroatoms. The Morgan fingerprint density at radius 2 is 1.71 bits per heavy atom. The summed E-state index contributed by atoms with van der Waals surface area (Å²) < 4.78 is 0. The standard InChI is InChI=1S/C26H26N2/c1-17(2)12-21-16-26(3,23-15-25-20(8-11-28-25)14-22(21)23)9-6-18-4-5-24-19(13-18)7-10-27-24/h4-15,21,27-28H,16H2,1-3H3/b9-6+/t21-,26-/m0/s1. The van der Waals surface area contributed by atoms with E-state index in [0.29, 0.717) is 5.92 Å². The highest BCUT2D eigenvalue weighted by Gasteiger charge is 2.37. The summed E-state index contributed by atoms with van der Waals surface area (Å²) in [7, 11) is 0. The number of aromatic nitrogens is 2. The summed E-state index contributed by atoms with van der Waals surface area (Å²) in [6, 6.07) is 15.7. The average Bonchev–Trinajstić information content (AvgIpc) is 3.37. The molecule has 2 atom stereocenters. The number of hydrogen-bond donors (Lipinski definition) is 2. The molecule has 2 heterocycles. The molecule has 0 unspecified atom stereocenters. The SMILES string of the molecule is CC(C)=C[C@H]1C[C@](C)(/C=C/c2ccc3[nH]ccc3c2)c2cc3[nH]ccc3cc21. The molecule has 2 N–H and O–H groups in total. The summed E-state index contributed by atoms with van der Waals surface area (Å²) in [5.41, 5.74) is 8.00. The van der Waals surface area contributed by atoms with E-state index in [1.54, 1.807) is 0 Å². The van der Waals surface area contributed by atoms with Crippen LogP contribution in [0.1, 0.15) is 49.8 Å². The van der Waals surface area contributed by atoms with Crippen molar-refractivity contribution in [3.05, 3.63) is 89.3 Å². The van der Waals surface area contributed by atoms with E-state index in [1.807, 2.05) is 12.4 Å². The molecule has 2 aromatic carbocycles. The predicted octanol–water partition coefficient (Wildman–Crippen LogP) is 7.07. The van der Waals surface area contributed by atoms with Gasteiger partial charge >= 0.3 is 0 Å². The number of hydrogen-bond acceptors (Lipinski definition) is 0. The maximum Gasteiger partial charge on any atom is 0.0457 e. The molecule has 1 aliphatic carbocycles. The summed E-state index contributed by atoms with van der Waals surface area (Å²) in [6.45, 7) is 6.78. The van der Waals surface area contributed by atoms with Crippen molar-refractivity contribution in [2.75, 3.05) is 0 Å². The molecular weight excluding hydrogens is 340 g/mol. The molecule has 0 bridgehead atoms. The number of H-pyrrole nitrogens is 2. The third-order valence-corrected chi connectivity index (χ3v) is 6.14. The van der Waals surface area contributed by atoms with E-state index in [2.05, 4.69) is 91.4 Å². The monoisotopic (exact) mass is 366 g/mol. The van der Waals surface area contributed by atoms with Crippen LogP contribution in [0.2, 0.25) is 0 Å². The van der Waals surface area contributed by atoms with Gasteiger partial charge in [-0.3, -0.25) is 0 Å². The highest BCUT2D eigenvalue weighted by atomic mass is 14.7. The Morgan fingerprint density at radius 1 is 0.964 bits per heavy atom. The predicted molar refractivity (Wildman–Crippen MR) is 120 cm³/mol. The van der Waals surface area contributed by atoms with Crippen LogP contribution in [-0.4, -0.2) is 9.97 Å². The van der Waals surface area contributed by atoms with Gasteiger partial charge < -0.3 is 9.97 Å². The minimum Gasteiger partial charge on any atom is -0.361 e. The second-order valence-corrected chi connectivity index (χ2v) is 8.63. The summed E-state index contributed by atoms with van der Waals surface area (Å²) in [5.74, 6) is 0.473. The Balaban J connectivity index is 1.59. The average molecular weight is 367 g/mol. The Kier molecular flexibility index (Phi) is 3.83. The van der Waals surface area contributed by atoms with E-state index in [1.165, 1.54) is 44.1 Å². The van der Waals surface area contributed by atoms with E-state index in [4.69, 9.17) is 0 Å². The molecule has 2 nitrogen and oxygen atoms in total. The molecule has 0 aliphatic heterocycles. The Hall–Kier alpha value is -3.00. The Bertz CT molecular complexity index is 1230. The Morgan fingerprint density at radius 3 is 2.50 bits per heavy atom. The topological polar surface area (TPSA) is 31.6 Å². The molecule has 5 rings (SSSR count). The quantitative estimate of drug-likeness (QED) is 0.363. The largest absolute Gasteiger partial charge is 0.361 e. The molecule has 28 heavy (non-hydrogen) atoms. The highest BCUT2D eigenvalue weighted by Crippen LogP contribution is 2.49. The molecule has 0 fully saturated rings. The van der Waals surface area contributed by atoms with Gasteiger partial charge in [0.1, 0.15) is 0 Å². The van der Waals surface area contributed by atoms with Crippen molar-refractivity contribution in [2.24, 2.45) is 0 Å². The van der Waals surface area contributed by atoms with Crippen LogP contribution >= 0.6 is 0 Å². The zero-order valence-corrected chi connectivity index (χ0v) is 16.7. The van der Waals surface area contributed by atoms with Gasteiger partial charge in [0.2, 0.25) is 0 Å². The number of rotatable bonds is 3. The third kappa shape index (κ3) is 2.80. The first-order chi connectivity index (χ1) is 13.5. The minimum atomic E-state index is 0.0261. The van der Waals surface area contributed by atoms with E-state index >= 15 is 0 Å². The normalized spacial score (nSPS) is 21.6. The summed E-state index contributed by atoms with van der Waals surface area (Å²) in [6.07, 6.45) is 12.3. The van der Waals surface area contributed by atoms with Gasteiger partial charge in [-0.1, -0.05) is 36.8 Å². The van der Waals surface area contributed by atoms with Gasteiger partial charge in [0.05, 0.1) is 0 Å². The fourth-order valence-corrected chi connectivity index (χ4v) is 4.76. The zero-order chi connectivity index (χ0) is 19.3. The van der Waals surface area contributed by atoms with Crippen LogP contribution in [-0.2, 0) is 5.41 Å². The van der Waals surface area contributed by atoms with Gasteiger partial charge in [0.15, 0.2) is 0 Å². The lowest BCUT2D eigenvalue weighted by molar-refractivity contribution is 0.566. The maximum atomic E-state index is 3.39. The number of fused-ring (bicyclic) bond motifs is 3. The second kappa shape index (κ2) is 6.27. The van der Waals surface area contributed by atoms with Gasteiger partial charge in [0.25, 0.3) is 0 Å². The first-order valence-corrected chi connectivity index (χ1v) is 10.0. The summed E-state index contributed by atoms with van der Waals surface area (Å²) in [5, 5.41) is 2.56. The van der Waals surface area contributed by atoms with Crippen molar-refractivity contribution in [2.45, 2.75) is 38.5 Å². The molecule has 2 aromatic heterocycles. The van der Waals surface area contributed by atoms with Gasteiger partial charge in [0, 0.05) is 34.8 Å². The molecule has 1 aliphatic rings. The van der Waals surface area contributed by atoms with Crippen LogP contribution in [0.4, 0.5) is 0 Å². The number of benzene rings is 2. The maximum absolute atomic E-state index is 3.39. The molecule has 0 amide bonds. The van der Waals surface area contributed by atoms with Crippen molar-refractivity contribution < 1.29 is 0 Å². The molecular formula is C26H26N2. The van der Waals surface area contributed by atoms with E-state index in [0.717, 1.165) is 6.42 Å². The minimum absolute atomic E-state index is 0.0261. The number of nitrogens with one attached hydrogen (secondary N) is 2. The molecule has 140 valence electrons. The smallest absolute Gasteiger partial charge is 0.0457 e. The van der Waals surface area contributed by atoms with Crippen LogP contribution in [0.25, 0.3) is 27.9 Å². The number of allylic oxidation sites excluding steroid dienone is 3. The van der Waals surface area contributed by atoms with Crippen LogP contribution < -0.4 is 0 Å². The van der Waals surface area contributed by atoms with Crippen molar-refractivity contribution >= 4 is 27.9 Å². The molecule has 0 radical (unpaired) electrons. The first kappa shape index (κ1) is 17.1. The lowest BCUT2D eigenvalue weighted by Crippen LogP contribution is -2.14. The highest BCUT2D eigenvalue weighted by molar-refractivity contribution is 5.83. The van der Waals surface area contributed by atoms with Gasteiger partial charge in [-0.2, -0.15) is 0 Å². The van der Waals surface area contributed by atoms with Crippen LogP contribution in [0.15, 0.2) is 72.6 Å². The lowest BCUT2D eigenvalue weighted by Gasteiger charge is -2.21. The van der Waals surface area contributed by atoms with Crippen LogP contribution in [0, 0.1) is 0 Å². The second-order valence-electron chi connectivity index (χ2n) is 8.63. The van der Waals surface area contributed by atoms with Crippen molar-refractivity contribution in [3.8, 4) is 0 Å². The Labute approximate surface area is 166 Å². The van der Waals surface area contributed by atoms with E-state index in [9.17, 15) is 0 Å². The van der Waals surface area contributed by atoms with Crippen LogP contribution in [0.3, 0.4) is 0 Å². The molecule has 0 saturated heterocycles. The summed E-state index contributed by atoms with van der Waals surface area (Å²) in [4.78, 5) is 6.66. The van der Waals surface area contributed by atoms with Gasteiger partial charge in [-0.15, -0.1) is 0 Å².